The first-order chi connectivity index (χ1) is 10.8. The zero-order valence-corrected chi connectivity index (χ0v) is 12.7. The number of carbonyl (C=O) groups excluding carboxylic acids is 1. The molecule has 6 nitrogen and oxygen atoms in total. The van der Waals surface area contributed by atoms with Crippen molar-refractivity contribution >= 4 is 11.6 Å². The number of rotatable bonds is 5. The summed E-state index contributed by atoms with van der Waals surface area (Å²) in [7, 11) is 0. The van der Waals surface area contributed by atoms with Crippen LogP contribution in [0.5, 0.6) is 0 Å². The normalized spacial score (nSPS) is 21.3. The zero-order chi connectivity index (χ0) is 15.4. The first kappa shape index (κ1) is 14.7. The van der Waals surface area contributed by atoms with Crippen molar-refractivity contribution in [3.8, 4) is 0 Å². The molecule has 2 heterocycles. The van der Waals surface area contributed by atoms with Crippen molar-refractivity contribution in [3.63, 3.8) is 0 Å². The van der Waals surface area contributed by atoms with Crippen LogP contribution in [-0.4, -0.2) is 37.0 Å². The molecule has 2 fully saturated rings. The standard InChI is InChI=1S/C16H21N5O/c17-19-18-10-13-9-16(22)21(11-13)12-14-5-1-2-6-15(14)20-7-3-4-8-20/h1-2,5-6,13H,3-4,7-12H2. The van der Waals surface area contributed by atoms with E-state index in [1.165, 1.54) is 24.1 Å². The Kier molecular flexibility index (Phi) is 4.49. The summed E-state index contributed by atoms with van der Waals surface area (Å²) in [5.41, 5.74) is 10.9. The van der Waals surface area contributed by atoms with E-state index in [-0.39, 0.29) is 11.8 Å². The van der Waals surface area contributed by atoms with Crippen LogP contribution in [0.15, 0.2) is 29.4 Å². The third-order valence-corrected chi connectivity index (χ3v) is 4.50. The van der Waals surface area contributed by atoms with Crippen LogP contribution in [0.4, 0.5) is 5.69 Å². The molecule has 0 aromatic heterocycles. The second-order valence-electron chi connectivity index (χ2n) is 6.08. The number of hydrogen-bond donors (Lipinski definition) is 0. The average Bonchev–Trinajstić information content (AvgIpc) is 3.16. The van der Waals surface area contributed by atoms with Crippen LogP contribution < -0.4 is 4.90 Å². The number of nitrogens with zero attached hydrogens (tertiary/aromatic N) is 5. The van der Waals surface area contributed by atoms with E-state index in [1.54, 1.807) is 0 Å². The number of para-hydroxylation sites is 1. The molecule has 6 heteroatoms. The van der Waals surface area contributed by atoms with Crippen LogP contribution in [0, 0.1) is 5.92 Å². The Hall–Kier alpha value is -2.20. The van der Waals surface area contributed by atoms with Crippen LogP contribution in [0.1, 0.15) is 24.8 Å². The predicted molar refractivity (Wildman–Crippen MR) is 85.4 cm³/mol. The molecule has 0 N–H and O–H groups in total. The molecule has 3 rings (SSSR count). The lowest BCUT2D eigenvalue weighted by Gasteiger charge is -2.24. The van der Waals surface area contributed by atoms with Gasteiger partial charge in [0.1, 0.15) is 0 Å². The number of likely N-dealkylation sites (tertiary alicyclic amines) is 1. The van der Waals surface area contributed by atoms with E-state index >= 15 is 0 Å². The fourth-order valence-corrected chi connectivity index (χ4v) is 3.40. The van der Waals surface area contributed by atoms with Gasteiger partial charge in [-0.1, -0.05) is 23.3 Å². The molecule has 2 aliphatic heterocycles. The average molecular weight is 299 g/mol. The van der Waals surface area contributed by atoms with Crippen molar-refractivity contribution in [3.05, 3.63) is 40.3 Å². The molecular formula is C16H21N5O. The molecule has 0 bridgehead atoms. The van der Waals surface area contributed by atoms with Crippen molar-refractivity contribution in [2.45, 2.75) is 25.8 Å². The Labute approximate surface area is 130 Å². The van der Waals surface area contributed by atoms with Gasteiger partial charge in [-0.25, -0.2) is 0 Å². The molecule has 2 saturated heterocycles. The summed E-state index contributed by atoms with van der Waals surface area (Å²) in [4.78, 5) is 19.3. The van der Waals surface area contributed by atoms with Crippen molar-refractivity contribution in [1.82, 2.24) is 4.90 Å². The van der Waals surface area contributed by atoms with E-state index in [1.807, 2.05) is 11.0 Å². The first-order valence-electron chi connectivity index (χ1n) is 7.89. The molecule has 0 radical (unpaired) electrons. The van der Waals surface area contributed by atoms with Crippen molar-refractivity contribution in [2.24, 2.45) is 11.0 Å². The minimum atomic E-state index is 0.155. The van der Waals surface area contributed by atoms with Gasteiger partial charge in [0.2, 0.25) is 5.91 Å². The lowest BCUT2D eigenvalue weighted by atomic mass is 10.1. The molecule has 1 aromatic carbocycles. The molecule has 2 aliphatic rings. The Morgan fingerprint density at radius 1 is 1.27 bits per heavy atom. The van der Waals surface area contributed by atoms with E-state index < -0.39 is 0 Å². The largest absolute Gasteiger partial charge is 0.371 e. The Morgan fingerprint density at radius 3 is 2.82 bits per heavy atom. The van der Waals surface area contributed by atoms with Crippen LogP contribution in [0.2, 0.25) is 0 Å². The molecular weight excluding hydrogens is 278 g/mol. The van der Waals surface area contributed by atoms with Crippen molar-refractivity contribution < 1.29 is 4.79 Å². The molecule has 1 aromatic rings. The topological polar surface area (TPSA) is 72.3 Å². The number of benzene rings is 1. The molecule has 1 amide bonds. The van der Waals surface area contributed by atoms with Gasteiger partial charge in [0.25, 0.3) is 0 Å². The van der Waals surface area contributed by atoms with E-state index in [9.17, 15) is 4.79 Å². The summed E-state index contributed by atoms with van der Waals surface area (Å²) in [6.07, 6.45) is 2.97. The van der Waals surface area contributed by atoms with E-state index in [2.05, 4.69) is 33.1 Å². The molecule has 0 spiro atoms. The van der Waals surface area contributed by atoms with Gasteiger partial charge >= 0.3 is 0 Å². The number of carbonyl (C=O) groups is 1. The fourth-order valence-electron chi connectivity index (χ4n) is 3.40. The number of amides is 1. The summed E-state index contributed by atoms with van der Waals surface area (Å²) >= 11 is 0. The minimum Gasteiger partial charge on any atom is -0.371 e. The number of anilines is 1. The maximum Gasteiger partial charge on any atom is 0.223 e. The highest BCUT2D eigenvalue weighted by Gasteiger charge is 2.29. The SMILES string of the molecule is [N-]=[N+]=NCC1CC(=O)N(Cc2ccccc2N2CCCC2)C1. The van der Waals surface area contributed by atoms with E-state index in [0.717, 1.165) is 13.1 Å². The number of azide groups is 1. The quantitative estimate of drug-likeness (QED) is 0.476. The third kappa shape index (κ3) is 3.17. The van der Waals surface area contributed by atoms with Gasteiger partial charge in [-0.3, -0.25) is 4.79 Å². The molecule has 0 aliphatic carbocycles. The van der Waals surface area contributed by atoms with Gasteiger partial charge in [0, 0.05) is 49.7 Å². The maximum absolute atomic E-state index is 12.2. The Balaban J connectivity index is 1.70. The molecule has 0 saturated carbocycles. The highest BCUT2D eigenvalue weighted by molar-refractivity contribution is 5.79. The van der Waals surface area contributed by atoms with Crippen molar-refractivity contribution in [1.29, 1.82) is 0 Å². The second-order valence-corrected chi connectivity index (χ2v) is 6.08. The van der Waals surface area contributed by atoms with Gasteiger partial charge in [-0.2, -0.15) is 0 Å². The van der Waals surface area contributed by atoms with Gasteiger partial charge in [0.15, 0.2) is 0 Å². The molecule has 1 unspecified atom stereocenters. The third-order valence-electron chi connectivity index (χ3n) is 4.50. The Morgan fingerprint density at radius 2 is 2.05 bits per heavy atom. The van der Waals surface area contributed by atoms with Crippen molar-refractivity contribution in [2.75, 3.05) is 31.1 Å². The fraction of sp³-hybridized carbons (Fsp3) is 0.562. The Bertz CT molecular complexity index is 590. The van der Waals surface area contributed by atoms with Crippen LogP contribution in [0.3, 0.4) is 0 Å². The summed E-state index contributed by atoms with van der Waals surface area (Å²) in [5, 5.41) is 3.60. The first-order valence-corrected chi connectivity index (χ1v) is 7.89. The number of hydrogen-bond acceptors (Lipinski definition) is 3. The highest BCUT2D eigenvalue weighted by Crippen LogP contribution is 2.28. The summed E-state index contributed by atoms with van der Waals surface area (Å²) in [6.45, 7) is 3.95. The second kappa shape index (κ2) is 6.71. The predicted octanol–water partition coefficient (Wildman–Crippen LogP) is 2.95. The van der Waals surface area contributed by atoms with Gasteiger partial charge in [-0.15, -0.1) is 0 Å². The summed E-state index contributed by atoms with van der Waals surface area (Å²) in [5.74, 6) is 0.316. The maximum atomic E-state index is 12.2. The lowest BCUT2D eigenvalue weighted by Crippen LogP contribution is -2.27. The van der Waals surface area contributed by atoms with Crippen LogP contribution in [0.25, 0.3) is 10.4 Å². The van der Waals surface area contributed by atoms with E-state index in [4.69, 9.17) is 5.53 Å². The molecule has 1 atom stereocenters. The monoisotopic (exact) mass is 299 g/mol. The van der Waals surface area contributed by atoms with Crippen LogP contribution in [-0.2, 0) is 11.3 Å². The summed E-state index contributed by atoms with van der Waals surface area (Å²) < 4.78 is 0. The highest BCUT2D eigenvalue weighted by atomic mass is 16.2. The van der Waals surface area contributed by atoms with Gasteiger partial charge in [-0.05, 0) is 35.9 Å². The van der Waals surface area contributed by atoms with Gasteiger partial charge in [0.05, 0.1) is 0 Å². The zero-order valence-electron chi connectivity index (χ0n) is 12.7. The molecule has 116 valence electrons. The smallest absolute Gasteiger partial charge is 0.223 e. The van der Waals surface area contributed by atoms with E-state index in [0.29, 0.717) is 26.1 Å². The lowest BCUT2D eigenvalue weighted by molar-refractivity contribution is -0.128. The summed E-state index contributed by atoms with van der Waals surface area (Å²) in [6, 6.07) is 8.36. The molecule has 22 heavy (non-hydrogen) atoms. The van der Waals surface area contributed by atoms with Crippen LogP contribution >= 0.6 is 0 Å². The minimum absolute atomic E-state index is 0.155. The van der Waals surface area contributed by atoms with Gasteiger partial charge < -0.3 is 9.80 Å².